The summed E-state index contributed by atoms with van der Waals surface area (Å²) < 4.78 is 0. The Morgan fingerprint density at radius 3 is 2.64 bits per heavy atom. The molecule has 1 aromatic rings. The fourth-order valence-corrected chi connectivity index (χ4v) is 1.51. The SMILES string of the molecule is Cc1ccc(C(C)(N)CCO)cc1Cl. The van der Waals surface area contributed by atoms with Gasteiger partial charge in [-0.15, -0.1) is 0 Å². The third-order valence-corrected chi connectivity index (χ3v) is 2.87. The number of benzene rings is 1. The highest BCUT2D eigenvalue weighted by Gasteiger charge is 2.20. The largest absolute Gasteiger partial charge is 0.396 e. The molecule has 0 fully saturated rings. The van der Waals surface area contributed by atoms with Gasteiger partial charge in [-0.25, -0.2) is 0 Å². The van der Waals surface area contributed by atoms with E-state index in [0.29, 0.717) is 6.42 Å². The first-order valence-electron chi connectivity index (χ1n) is 4.64. The van der Waals surface area contributed by atoms with Gasteiger partial charge in [-0.1, -0.05) is 23.7 Å². The minimum absolute atomic E-state index is 0.0818. The van der Waals surface area contributed by atoms with Crippen molar-refractivity contribution in [2.45, 2.75) is 25.8 Å². The monoisotopic (exact) mass is 213 g/mol. The average molecular weight is 214 g/mol. The molecular weight excluding hydrogens is 198 g/mol. The van der Waals surface area contributed by atoms with Crippen LogP contribution in [0.3, 0.4) is 0 Å². The highest BCUT2D eigenvalue weighted by atomic mass is 35.5. The van der Waals surface area contributed by atoms with Gasteiger partial charge < -0.3 is 10.8 Å². The van der Waals surface area contributed by atoms with Gasteiger partial charge >= 0.3 is 0 Å². The van der Waals surface area contributed by atoms with Crippen LogP contribution in [-0.2, 0) is 5.54 Å². The van der Waals surface area contributed by atoms with Crippen molar-refractivity contribution in [2.75, 3.05) is 6.61 Å². The summed E-state index contributed by atoms with van der Waals surface area (Å²) in [6.45, 7) is 3.93. The zero-order valence-corrected chi connectivity index (χ0v) is 9.30. The molecule has 0 saturated heterocycles. The number of aliphatic hydroxyl groups excluding tert-OH is 1. The molecule has 0 radical (unpaired) electrons. The van der Waals surface area contributed by atoms with E-state index < -0.39 is 5.54 Å². The molecule has 14 heavy (non-hydrogen) atoms. The molecular formula is C11H16ClNO. The van der Waals surface area contributed by atoms with Crippen LogP contribution in [0.4, 0.5) is 0 Å². The van der Waals surface area contributed by atoms with Gasteiger partial charge in [0.15, 0.2) is 0 Å². The maximum absolute atomic E-state index is 8.87. The van der Waals surface area contributed by atoms with Crippen molar-refractivity contribution < 1.29 is 5.11 Å². The third kappa shape index (κ3) is 2.47. The van der Waals surface area contributed by atoms with E-state index >= 15 is 0 Å². The van der Waals surface area contributed by atoms with Gasteiger partial charge in [-0.3, -0.25) is 0 Å². The zero-order valence-electron chi connectivity index (χ0n) is 8.55. The number of hydrogen-bond donors (Lipinski definition) is 2. The van der Waals surface area contributed by atoms with Crippen LogP contribution >= 0.6 is 11.6 Å². The Morgan fingerprint density at radius 2 is 2.14 bits per heavy atom. The summed E-state index contributed by atoms with van der Waals surface area (Å²) in [5, 5.41) is 9.59. The number of hydrogen-bond acceptors (Lipinski definition) is 2. The van der Waals surface area contributed by atoms with E-state index in [9.17, 15) is 0 Å². The standard InChI is InChI=1S/C11H16ClNO/c1-8-3-4-9(7-10(8)12)11(2,13)5-6-14/h3-4,7,14H,5-6,13H2,1-2H3. The van der Waals surface area contributed by atoms with Crippen molar-refractivity contribution in [1.82, 2.24) is 0 Å². The lowest BCUT2D eigenvalue weighted by molar-refractivity contribution is 0.247. The molecule has 3 N–H and O–H groups in total. The molecule has 1 unspecified atom stereocenters. The lowest BCUT2D eigenvalue weighted by Gasteiger charge is -2.24. The molecule has 1 aromatic carbocycles. The molecule has 0 spiro atoms. The first-order chi connectivity index (χ1) is 6.47. The Balaban J connectivity index is 3.01. The zero-order chi connectivity index (χ0) is 10.8. The van der Waals surface area contributed by atoms with Crippen LogP contribution in [0.5, 0.6) is 0 Å². The fourth-order valence-electron chi connectivity index (χ4n) is 1.32. The van der Waals surface area contributed by atoms with E-state index in [1.165, 1.54) is 0 Å². The Kier molecular flexibility index (Phi) is 3.53. The second kappa shape index (κ2) is 4.30. The number of nitrogens with two attached hydrogens (primary N) is 1. The summed E-state index contributed by atoms with van der Waals surface area (Å²) >= 11 is 6.00. The predicted molar refractivity (Wildman–Crippen MR) is 59.4 cm³/mol. The molecule has 1 atom stereocenters. The van der Waals surface area contributed by atoms with Crippen molar-refractivity contribution in [3.63, 3.8) is 0 Å². The van der Waals surface area contributed by atoms with Crippen LogP contribution in [0.15, 0.2) is 18.2 Å². The van der Waals surface area contributed by atoms with E-state index in [4.69, 9.17) is 22.4 Å². The topological polar surface area (TPSA) is 46.2 Å². The summed E-state index contributed by atoms with van der Waals surface area (Å²) in [5.41, 5.74) is 7.54. The molecule has 0 aliphatic rings. The van der Waals surface area contributed by atoms with Gasteiger partial charge in [0.2, 0.25) is 0 Å². The lowest BCUT2D eigenvalue weighted by atomic mass is 9.90. The van der Waals surface area contributed by atoms with Crippen molar-refractivity contribution in [3.8, 4) is 0 Å². The van der Waals surface area contributed by atoms with Crippen molar-refractivity contribution in [1.29, 1.82) is 0 Å². The average Bonchev–Trinajstić information content (AvgIpc) is 2.09. The molecule has 78 valence electrons. The summed E-state index contributed by atoms with van der Waals surface area (Å²) in [7, 11) is 0. The third-order valence-electron chi connectivity index (χ3n) is 2.46. The van der Waals surface area contributed by atoms with Gasteiger partial charge in [0, 0.05) is 17.2 Å². The molecule has 0 amide bonds. The van der Waals surface area contributed by atoms with Gasteiger partial charge in [0.1, 0.15) is 0 Å². The van der Waals surface area contributed by atoms with Crippen LogP contribution in [0.25, 0.3) is 0 Å². The highest BCUT2D eigenvalue weighted by Crippen LogP contribution is 2.25. The molecule has 0 heterocycles. The molecule has 0 aliphatic heterocycles. The van der Waals surface area contributed by atoms with Crippen LogP contribution < -0.4 is 5.73 Å². The Morgan fingerprint density at radius 1 is 1.50 bits per heavy atom. The molecule has 1 rings (SSSR count). The van der Waals surface area contributed by atoms with Gasteiger partial charge in [-0.2, -0.15) is 0 Å². The minimum atomic E-state index is -0.508. The maximum Gasteiger partial charge on any atom is 0.0451 e. The molecule has 0 saturated carbocycles. The van der Waals surface area contributed by atoms with Crippen molar-refractivity contribution >= 4 is 11.6 Å². The lowest BCUT2D eigenvalue weighted by Crippen LogP contribution is -2.34. The second-order valence-corrected chi connectivity index (χ2v) is 4.26. The van der Waals surface area contributed by atoms with E-state index in [1.807, 2.05) is 32.0 Å². The summed E-state index contributed by atoms with van der Waals surface area (Å²) in [6.07, 6.45) is 0.534. The second-order valence-electron chi connectivity index (χ2n) is 3.86. The molecule has 0 aliphatic carbocycles. The van der Waals surface area contributed by atoms with Crippen LogP contribution in [-0.4, -0.2) is 11.7 Å². The van der Waals surface area contributed by atoms with Gasteiger partial charge in [-0.05, 0) is 37.5 Å². The number of halogens is 1. The van der Waals surface area contributed by atoms with Crippen molar-refractivity contribution in [2.24, 2.45) is 5.73 Å². The summed E-state index contributed by atoms with van der Waals surface area (Å²) in [4.78, 5) is 0. The fraction of sp³-hybridized carbons (Fsp3) is 0.455. The number of aryl methyl sites for hydroxylation is 1. The number of aliphatic hydroxyl groups is 1. The van der Waals surface area contributed by atoms with E-state index in [1.54, 1.807) is 0 Å². The smallest absolute Gasteiger partial charge is 0.0451 e. The first kappa shape index (κ1) is 11.5. The van der Waals surface area contributed by atoms with Crippen molar-refractivity contribution in [3.05, 3.63) is 34.3 Å². The Bertz CT molecular complexity index is 323. The molecule has 0 aromatic heterocycles. The Hall–Kier alpha value is -0.570. The van der Waals surface area contributed by atoms with E-state index in [-0.39, 0.29) is 6.61 Å². The highest BCUT2D eigenvalue weighted by molar-refractivity contribution is 6.31. The normalized spacial score (nSPS) is 15.2. The molecule has 3 heteroatoms. The van der Waals surface area contributed by atoms with Crippen LogP contribution in [0.2, 0.25) is 5.02 Å². The Labute approximate surface area is 89.7 Å². The molecule has 0 bridgehead atoms. The first-order valence-corrected chi connectivity index (χ1v) is 5.01. The maximum atomic E-state index is 8.87. The van der Waals surface area contributed by atoms with Crippen LogP contribution in [0, 0.1) is 6.92 Å². The summed E-state index contributed by atoms with van der Waals surface area (Å²) in [5.74, 6) is 0. The quantitative estimate of drug-likeness (QED) is 0.809. The number of rotatable bonds is 3. The molecule has 2 nitrogen and oxygen atoms in total. The van der Waals surface area contributed by atoms with E-state index in [0.717, 1.165) is 16.1 Å². The van der Waals surface area contributed by atoms with Gasteiger partial charge in [0.25, 0.3) is 0 Å². The van der Waals surface area contributed by atoms with Crippen LogP contribution in [0.1, 0.15) is 24.5 Å². The predicted octanol–water partition coefficient (Wildman–Crippen LogP) is 2.20. The van der Waals surface area contributed by atoms with Gasteiger partial charge in [0.05, 0.1) is 0 Å². The van der Waals surface area contributed by atoms with E-state index in [2.05, 4.69) is 0 Å². The minimum Gasteiger partial charge on any atom is -0.396 e. The summed E-state index contributed by atoms with van der Waals surface area (Å²) in [6, 6.07) is 5.77.